The third-order valence-corrected chi connectivity index (χ3v) is 5.74. The summed E-state index contributed by atoms with van der Waals surface area (Å²) in [5.41, 5.74) is 2.06. The number of allylic oxidation sites excluding steroid dienone is 2. The molecule has 2 N–H and O–H groups in total. The Labute approximate surface area is 151 Å². The van der Waals surface area contributed by atoms with Crippen molar-refractivity contribution in [3.05, 3.63) is 11.8 Å². The summed E-state index contributed by atoms with van der Waals surface area (Å²) in [6.07, 6.45) is 4.12. The van der Waals surface area contributed by atoms with E-state index in [-0.39, 0.29) is 5.92 Å². The van der Waals surface area contributed by atoms with Gasteiger partial charge in [0.05, 0.1) is 0 Å². The van der Waals surface area contributed by atoms with Crippen LogP contribution < -0.4 is 5.32 Å². The maximum Gasteiger partial charge on any atom is 0.490 e. The highest BCUT2D eigenvalue weighted by atomic mass is 19.4. The molecular weight excluding hydrogens is 349 g/mol. The van der Waals surface area contributed by atoms with Crippen molar-refractivity contribution in [2.45, 2.75) is 51.6 Å². The minimum Gasteiger partial charge on any atom is -0.475 e. The summed E-state index contributed by atoms with van der Waals surface area (Å²) < 4.78 is 31.7. The van der Waals surface area contributed by atoms with Gasteiger partial charge < -0.3 is 15.3 Å². The number of nitrogens with zero attached hydrogens (tertiary/aromatic N) is 1. The third kappa shape index (κ3) is 5.46. The van der Waals surface area contributed by atoms with Gasteiger partial charge in [-0.25, -0.2) is 4.79 Å². The predicted octanol–water partition coefficient (Wildman–Crippen LogP) is 2.97. The van der Waals surface area contributed by atoms with Crippen LogP contribution in [0.2, 0.25) is 0 Å². The maximum atomic E-state index is 11.6. The first-order valence-electron chi connectivity index (χ1n) is 9.10. The number of alkyl halides is 3. The lowest BCUT2D eigenvalue weighted by atomic mass is 9.71. The van der Waals surface area contributed by atoms with Gasteiger partial charge in [0.15, 0.2) is 0 Å². The number of likely N-dealkylation sites (tertiary alicyclic amines) is 1. The fourth-order valence-corrected chi connectivity index (χ4v) is 3.91. The van der Waals surface area contributed by atoms with E-state index in [1.54, 1.807) is 0 Å². The van der Waals surface area contributed by atoms with Crippen LogP contribution in [0.15, 0.2) is 11.8 Å². The van der Waals surface area contributed by atoms with Gasteiger partial charge in [-0.05, 0) is 50.6 Å². The van der Waals surface area contributed by atoms with Crippen LogP contribution in [-0.2, 0) is 9.59 Å². The fourth-order valence-electron chi connectivity index (χ4n) is 3.91. The highest BCUT2D eigenvalue weighted by Crippen LogP contribution is 2.41. The molecule has 0 saturated carbocycles. The van der Waals surface area contributed by atoms with Crippen molar-refractivity contribution in [2.75, 3.05) is 26.2 Å². The van der Waals surface area contributed by atoms with Crippen LogP contribution in [-0.4, -0.2) is 54.1 Å². The number of ketones is 1. The van der Waals surface area contributed by atoms with Gasteiger partial charge in [0.1, 0.15) is 5.78 Å². The molecule has 0 aromatic heterocycles. The number of Topliss-reactive ketones (excluding diaryl/α,β-unsaturated/α-hetero) is 1. The number of rotatable bonds is 1. The second kappa shape index (κ2) is 8.41. The first-order valence-corrected chi connectivity index (χ1v) is 9.10. The number of carbonyl (C=O) groups excluding carboxylic acids is 1. The normalized spacial score (nSPS) is 26.0. The Kier molecular flexibility index (Phi) is 6.71. The van der Waals surface area contributed by atoms with Crippen LogP contribution in [0.3, 0.4) is 0 Å². The summed E-state index contributed by atoms with van der Waals surface area (Å²) in [4.78, 5) is 23.0. The molecule has 8 heteroatoms. The zero-order chi connectivity index (χ0) is 19.4. The number of hydrogen-bond donors (Lipinski definition) is 2. The second-order valence-corrected chi connectivity index (χ2v) is 7.51. The largest absolute Gasteiger partial charge is 0.490 e. The van der Waals surface area contributed by atoms with Gasteiger partial charge in [-0.15, -0.1) is 0 Å². The van der Waals surface area contributed by atoms with Crippen molar-refractivity contribution < 1.29 is 27.9 Å². The molecule has 0 bridgehead atoms. The number of carboxylic acids is 1. The summed E-state index contributed by atoms with van der Waals surface area (Å²) >= 11 is 0. The number of nitrogens with one attached hydrogen (secondary N) is 1. The molecule has 2 aliphatic heterocycles. The molecule has 26 heavy (non-hydrogen) atoms. The molecule has 3 aliphatic rings. The van der Waals surface area contributed by atoms with Crippen LogP contribution in [0, 0.1) is 11.3 Å². The molecule has 0 aromatic carbocycles. The van der Waals surface area contributed by atoms with Crippen LogP contribution in [0.25, 0.3) is 0 Å². The Morgan fingerprint density at radius 2 is 1.77 bits per heavy atom. The fraction of sp³-hybridized carbons (Fsp3) is 0.778. The maximum absolute atomic E-state index is 11.6. The Hall–Kier alpha value is -1.57. The number of aliphatic carboxylic acids is 1. The Balaban J connectivity index is 0.000000298. The van der Waals surface area contributed by atoms with Crippen LogP contribution >= 0.6 is 0 Å². The van der Waals surface area contributed by atoms with Crippen molar-refractivity contribution in [2.24, 2.45) is 11.3 Å². The molecule has 0 aromatic rings. The SMILES string of the molecule is CC1CC(N2CCC3(CCNCC3)CC2)=CCC1=O.O=C(O)C(F)(F)F. The molecule has 0 amide bonds. The number of carbonyl (C=O) groups is 2. The first kappa shape index (κ1) is 20.7. The smallest absolute Gasteiger partial charge is 0.475 e. The number of halogens is 3. The average molecular weight is 376 g/mol. The molecule has 1 atom stereocenters. The van der Waals surface area contributed by atoms with Crippen molar-refractivity contribution in [3.8, 4) is 0 Å². The monoisotopic (exact) mass is 376 g/mol. The van der Waals surface area contributed by atoms with Gasteiger partial charge in [-0.2, -0.15) is 13.2 Å². The van der Waals surface area contributed by atoms with E-state index >= 15 is 0 Å². The Morgan fingerprint density at radius 3 is 2.23 bits per heavy atom. The second-order valence-electron chi connectivity index (χ2n) is 7.51. The summed E-state index contributed by atoms with van der Waals surface area (Å²) in [7, 11) is 0. The van der Waals surface area contributed by atoms with Gasteiger partial charge in [-0.3, -0.25) is 4.79 Å². The van der Waals surface area contributed by atoms with Crippen molar-refractivity contribution in [3.63, 3.8) is 0 Å². The number of hydrogen-bond acceptors (Lipinski definition) is 4. The highest BCUT2D eigenvalue weighted by Gasteiger charge is 2.38. The lowest BCUT2D eigenvalue weighted by molar-refractivity contribution is -0.192. The first-order chi connectivity index (χ1) is 12.1. The molecule has 148 valence electrons. The van der Waals surface area contributed by atoms with E-state index in [1.807, 2.05) is 0 Å². The minimum atomic E-state index is -5.08. The van der Waals surface area contributed by atoms with Crippen molar-refractivity contribution in [1.82, 2.24) is 10.2 Å². The predicted molar refractivity (Wildman–Crippen MR) is 90.5 cm³/mol. The summed E-state index contributed by atoms with van der Waals surface area (Å²) in [5, 5.41) is 10.6. The zero-order valence-electron chi connectivity index (χ0n) is 15.1. The van der Waals surface area contributed by atoms with Gasteiger partial charge >= 0.3 is 12.1 Å². The third-order valence-electron chi connectivity index (χ3n) is 5.74. The van der Waals surface area contributed by atoms with Gasteiger partial charge in [-0.1, -0.05) is 13.0 Å². The lowest BCUT2D eigenvalue weighted by Gasteiger charge is -2.46. The van der Waals surface area contributed by atoms with E-state index in [0.29, 0.717) is 17.6 Å². The zero-order valence-corrected chi connectivity index (χ0v) is 15.1. The average Bonchev–Trinajstić information content (AvgIpc) is 2.59. The van der Waals surface area contributed by atoms with E-state index in [0.717, 1.165) is 6.42 Å². The van der Waals surface area contributed by atoms with E-state index in [2.05, 4.69) is 23.2 Å². The Morgan fingerprint density at radius 1 is 1.23 bits per heavy atom. The number of piperidine rings is 2. The molecule has 3 rings (SSSR count). The number of carboxylic acid groups (broad SMARTS) is 1. The molecular formula is C18H27F3N2O3. The molecule has 2 saturated heterocycles. The molecule has 2 heterocycles. The van der Waals surface area contributed by atoms with E-state index in [4.69, 9.17) is 9.90 Å². The van der Waals surface area contributed by atoms with Crippen molar-refractivity contribution in [1.29, 1.82) is 0 Å². The summed E-state index contributed by atoms with van der Waals surface area (Å²) in [6, 6.07) is 0. The van der Waals surface area contributed by atoms with Crippen LogP contribution in [0.5, 0.6) is 0 Å². The van der Waals surface area contributed by atoms with Gasteiger partial charge in [0.2, 0.25) is 0 Å². The minimum absolute atomic E-state index is 0.231. The topological polar surface area (TPSA) is 69.6 Å². The quantitative estimate of drug-likeness (QED) is 0.736. The van der Waals surface area contributed by atoms with Gasteiger partial charge in [0.25, 0.3) is 0 Å². The van der Waals surface area contributed by atoms with E-state index in [1.165, 1.54) is 57.6 Å². The molecule has 0 radical (unpaired) electrons. The van der Waals surface area contributed by atoms with Crippen molar-refractivity contribution >= 4 is 11.8 Å². The molecule has 1 spiro atoms. The van der Waals surface area contributed by atoms with Crippen LogP contribution in [0.1, 0.15) is 45.4 Å². The highest BCUT2D eigenvalue weighted by molar-refractivity contribution is 5.83. The Bertz CT molecular complexity index is 544. The standard InChI is InChI=1S/C16H26N2O.C2HF3O2/c1-13-12-14(2-3-15(13)19)18-10-6-16(7-11-18)4-8-17-9-5-16;3-2(4,5)1(6)7/h2,13,17H,3-12H2,1H3;(H,6,7). The van der Waals surface area contributed by atoms with Crippen LogP contribution in [0.4, 0.5) is 13.2 Å². The molecule has 5 nitrogen and oxygen atoms in total. The molecule has 2 fully saturated rings. The van der Waals surface area contributed by atoms with E-state index < -0.39 is 12.1 Å². The molecule has 1 aliphatic carbocycles. The molecule has 1 unspecified atom stereocenters. The lowest BCUT2D eigenvalue weighted by Crippen LogP contribution is -2.45. The van der Waals surface area contributed by atoms with Gasteiger partial charge in [0, 0.05) is 31.1 Å². The summed E-state index contributed by atoms with van der Waals surface area (Å²) in [5.74, 6) is -2.11. The summed E-state index contributed by atoms with van der Waals surface area (Å²) in [6.45, 7) is 6.88. The van der Waals surface area contributed by atoms with E-state index in [9.17, 15) is 18.0 Å².